The molecule has 21 heavy (non-hydrogen) atoms. The van der Waals surface area contributed by atoms with Crippen LogP contribution in [0.25, 0.3) is 23.2 Å². The fourth-order valence-electron chi connectivity index (χ4n) is 2.50. The van der Waals surface area contributed by atoms with Crippen LogP contribution in [0.4, 0.5) is 0 Å². The van der Waals surface area contributed by atoms with Gasteiger partial charge in [0.1, 0.15) is 11.3 Å². The van der Waals surface area contributed by atoms with Gasteiger partial charge in [-0.3, -0.25) is 0 Å². The van der Waals surface area contributed by atoms with Gasteiger partial charge in [0.15, 0.2) is 0 Å². The van der Waals surface area contributed by atoms with Gasteiger partial charge in [-0.1, -0.05) is 54.1 Å². The number of para-hydroxylation sites is 1. The van der Waals surface area contributed by atoms with Crippen LogP contribution in [0.3, 0.4) is 0 Å². The summed E-state index contributed by atoms with van der Waals surface area (Å²) >= 11 is 6.26. The van der Waals surface area contributed by atoms with E-state index in [4.69, 9.17) is 16.6 Å². The Hall–Kier alpha value is -2.06. The van der Waals surface area contributed by atoms with E-state index in [9.17, 15) is 0 Å². The summed E-state index contributed by atoms with van der Waals surface area (Å²) in [5, 5.41) is 0.696. The SMILES string of the molecule is CC(C)n1c(C=Cc2ccccc2)nc2c(Cl)cccc21. The molecular weight excluding hydrogens is 280 g/mol. The molecule has 0 aliphatic rings. The number of rotatable bonds is 3. The molecule has 2 nitrogen and oxygen atoms in total. The van der Waals surface area contributed by atoms with E-state index in [1.54, 1.807) is 0 Å². The van der Waals surface area contributed by atoms with E-state index in [0.29, 0.717) is 11.1 Å². The third kappa shape index (κ3) is 2.72. The molecule has 0 fully saturated rings. The summed E-state index contributed by atoms with van der Waals surface area (Å²) in [6, 6.07) is 16.5. The summed E-state index contributed by atoms with van der Waals surface area (Å²) in [7, 11) is 0. The van der Waals surface area contributed by atoms with Crippen molar-refractivity contribution in [1.29, 1.82) is 0 Å². The van der Waals surface area contributed by atoms with Crippen molar-refractivity contribution in [2.75, 3.05) is 0 Å². The Labute approximate surface area is 129 Å². The Morgan fingerprint density at radius 2 is 1.76 bits per heavy atom. The van der Waals surface area contributed by atoms with Gasteiger partial charge >= 0.3 is 0 Å². The van der Waals surface area contributed by atoms with E-state index in [1.165, 1.54) is 0 Å². The van der Waals surface area contributed by atoms with Crippen molar-refractivity contribution in [3.05, 3.63) is 64.9 Å². The van der Waals surface area contributed by atoms with Gasteiger partial charge in [0.05, 0.1) is 10.5 Å². The van der Waals surface area contributed by atoms with Crippen LogP contribution >= 0.6 is 11.6 Å². The zero-order valence-electron chi connectivity index (χ0n) is 12.1. The molecule has 106 valence electrons. The topological polar surface area (TPSA) is 17.8 Å². The molecule has 0 atom stereocenters. The summed E-state index contributed by atoms with van der Waals surface area (Å²) in [5.74, 6) is 0.928. The molecule has 0 unspecified atom stereocenters. The van der Waals surface area contributed by atoms with Crippen LogP contribution < -0.4 is 0 Å². The highest BCUT2D eigenvalue weighted by Gasteiger charge is 2.13. The van der Waals surface area contributed by atoms with Crippen LogP contribution in [0.2, 0.25) is 5.02 Å². The first-order chi connectivity index (χ1) is 10.2. The molecule has 0 aliphatic carbocycles. The molecular formula is C18H17ClN2. The smallest absolute Gasteiger partial charge is 0.134 e. The Kier molecular flexibility index (Phi) is 3.80. The van der Waals surface area contributed by atoms with Gasteiger partial charge in [-0.25, -0.2) is 4.98 Å². The second-order valence-electron chi connectivity index (χ2n) is 5.29. The van der Waals surface area contributed by atoms with Gasteiger partial charge in [-0.2, -0.15) is 0 Å². The maximum atomic E-state index is 6.26. The van der Waals surface area contributed by atoms with Crippen LogP contribution in [-0.2, 0) is 0 Å². The van der Waals surface area contributed by atoms with Gasteiger partial charge in [0.2, 0.25) is 0 Å². The Morgan fingerprint density at radius 3 is 2.48 bits per heavy atom. The summed E-state index contributed by atoms with van der Waals surface area (Å²) < 4.78 is 2.21. The van der Waals surface area contributed by atoms with Crippen molar-refractivity contribution < 1.29 is 0 Å². The average molecular weight is 297 g/mol. The molecule has 0 saturated carbocycles. The standard InChI is InChI=1S/C18H17ClN2/c1-13(2)21-16-10-6-9-15(19)18(16)20-17(21)12-11-14-7-4-3-5-8-14/h3-13H,1-2H3. The monoisotopic (exact) mass is 296 g/mol. The normalized spacial score (nSPS) is 11.8. The molecule has 1 heterocycles. The molecule has 0 aliphatic heterocycles. The van der Waals surface area contributed by atoms with Gasteiger partial charge in [0.25, 0.3) is 0 Å². The molecule has 0 radical (unpaired) electrons. The second kappa shape index (κ2) is 5.74. The van der Waals surface area contributed by atoms with E-state index in [0.717, 1.165) is 22.4 Å². The van der Waals surface area contributed by atoms with Crippen molar-refractivity contribution in [3.63, 3.8) is 0 Å². The van der Waals surface area contributed by atoms with Crippen LogP contribution in [0.15, 0.2) is 48.5 Å². The maximum absolute atomic E-state index is 6.26. The van der Waals surface area contributed by atoms with Crippen LogP contribution in [0, 0.1) is 0 Å². The van der Waals surface area contributed by atoms with Crippen molar-refractivity contribution in [3.8, 4) is 0 Å². The lowest BCUT2D eigenvalue weighted by Crippen LogP contribution is -2.02. The van der Waals surface area contributed by atoms with Gasteiger partial charge in [0, 0.05) is 6.04 Å². The number of aromatic nitrogens is 2. The highest BCUT2D eigenvalue weighted by Crippen LogP contribution is 2.27. The quantitative estimate of drug-likeness (QED) is 0.629. The van der Waals surface area contributed by atoms with E-state index < -0.39 is 0 Å². The Morgan fingerprint density at radius 1 is 1.00 bits per heavy atom. The fraction of sp³-hybridized carbons (Fsp3) is 0.167. The summed E-state index contributed by atoms with van der Waals surface area (Å²) in [5.41, 5.74) is 3.09. The molecule has 0 saturated heterocycles. The highest BCUT2D eigenvalue weighted by atomic mass is 35.5. The van der Waals surface area contributed by atoms with Crippen molar-refractivity contribution in [1.82, 2.24) is 9.55 Å². The van der Waals surface area contributed by atoms with Crippen LogP contribution in [0.5, 0.6) is 0 Å². The average Bonchev–Trinajstić information content (AvgIpc) is 2.86. The molecule has 0 spiro atoms. The van der Waals surface area contributed by atoms with Crippen LogP contribution in [-0.4, -0.2) is 9.55 Å². The predicted octanol–water partition coefficient (Wildman–Crippen LogP) is 5.44. The van der Waals surface area contributed by atoms with Crippen molar-refractivity contribution >= 4 is 34.8 Å². The first-order valence-corrected chi connectivity index (χ1v) is 7.44. The molecule has 0 N–H and O–H groups in total. The Bertz CT molecular complexity index is 786. The number of hydrogen-bond acceptors (Lipinski definition) is 1. The number of imidazole rings is 1. The summed E-state index contributed by atoms with van der Waals surface area (Å²) in [4.78, 5) is 4.69. The third-order valence-corrected chi connectivity index (χ3v) is 3.74. The van der Waals surface area contributed by atoms with Crippen LogP contribution in [0.1, 0.15) is 31.3 Å². The molecule has 3 heteroatoms. The third-order valence-electron chi connectivity index (χ3n) is 3.44. The summed E-state index contributed by atoms with van der Waals surface area (Å²) in [6.45, 7) is 4.31. The molecule has 3 aromatic rings. The minimum atomic E-state index is 0.323. The number of benzene rings is 2. The van der Waals surface area contributed by atoms with E-state index in [-0.39, 0.29) is 0 Å². The first-order valence-electron chi connectivity index (χ1n) is 7.06. The minimum Gasteiger partial charge on any atom is -0.322 e. The second-order valence-corrected chi connectivity index (χ2v) is 5.69. The minimum absolute atomic E-state index is 0.323. The largest absolute Gasteiger partial charge is 0.322 e. The summed E-state index contributed by atoms with van der Waals surface area (Å²) in [6.07, 6.45) is 4.12. The molecule has 0 amide bonds. The van der Waals surface area contributed by atoms with Gasteiger partial charge in [-0.05, 0) is 37.6 Å². The predicted molar refractivity (Wildman–Crippen MR) is 90.5 cm³/mol. The van der Waals surface area contributed by atoms with Crippen molar-refractivity contribution in [2.24, 2.45) is 0 Å². The van der Waals surface area contributed by atoms with E-state index in [1.807, 2.05) is 36.4 Å². The number of hydrogen-bond donors (Lipinski definition) is 0. The fourth-order valence-corrected chi connectivity index (χ4v) is 2.71. The van der Waals surface area contributed by atoms with Gasteiger partial charge < -0.3 is 4.57 Å². The zero-order chi connectivity index (χ0) is 14.8. The lowest BCUT2D eigenvalue weighted by molar-refractivity contribution is 0.612. The van der Waals surface area contributed by atoms with Crippen molar-refractivity contribution in [2.45, 2.75) is 19.9 Å². The maximum Gasteiger partial charge on any atom is 0.134 e. The van der Waals surface area contributed by atoms with E-state index >= 15 is 0 Å². The zero-order valence-corrected chi connectivity index (χ0v) is 12.9. The molecule has 1 aromatic heterocycles. The van der Waals surface area contributed by atoms with Gasteiger partial charge in [-0.15, -0.1) is 0 Å². The Balaban J connectivity index is 2.12. The first kappa shape index (κ1) is 13.9. The number of fused-ring (bicyclic) bond motifs is 1. The number of nitrogens with zero attached hydrogens (tertiary/aromatic N) is 2. The molecule has 0 bridgehead atoms. The number of halogens is 1. The molecule has 2 aromatic carbocycles. The lowest BCUT2D eigenvalue weighted by atomic mass is 10.2. The lowest BCUT2D eigenvalue weighted by Gasteiger charge is -2.11. The van der Waals surface area contributed by atoms with E-state index in [2.05, 4.69) is 42.7 Å². The highest BCUT2D eigenvalue weighted by molar-refractivity contribution is 6.34. The molecule has 3 rings (SSSR count).